The number of nitrogens with one attached hydrogen (secondary N) is 1. The summed E-state index contributed by atoms with van der Waals surface area (Å²) in [5.41, 5.74) is 4.89. The van der Waals surface area contributed by atoms with Crippen molar-refractivity contribution >= 4 is 23.8 Å². The SMILES string of the molecule is CC1(C)Oc2ccc(NC(=O)C3=C/C=C/C=C(C(F)F)/C=N\3)cc2C2(COC(N)=N2)C12COC2. The minimum absolute atomic E-state index is 0.0114. The van der Waals surface area contributed by atoms with Gasteiger partial charge in [0.15, 0.2) is 0 Å². The van der Waals surface area contributed by atoms with E-state index in [0.29, 0.717) is 24.7 Å². The molecule has 8 nitrogen and oxygen atoms in total. The first-order valence-electron chi connectivity index (χ1n) is 10.8. The summed E-state index contributed by atoms with van der Waals surface area (Å²) in [6.07, 6.45) is 3.92. The number of hydrogen-bond acceptors (Lipinski definition) is 7. The Bertz CT molecular complexity index is 1200. The molecular formula is C24H24F2N4O4. The molecule has 1 atom stereocenters. The number of allylic oxidation sites excluding steroid dienone is 5. The van der Waals surface area contributed by atoms with E-state index >= 15 is 0 Å². The first-order valence-corrected chi connectivity index (χ1v) is 10.8. The van der Waals surface area contributed by atoms with Crippen molar-refractivity contribution in [3.8, 4) is 5.75 Å². The fourth-order valence-corrected chi connectivity index (χ4v) is 4.86. The Kier molecular flexibility index (Phi) is 5.09. The quantitative estimate of drug-likeness (QED) is 0.706. The first-order chi connectivity index (χ1) is 16.2. The van der Waals surface area contributed by atoms with Gasteiger partial charge in [0, 0.05) is 23.0 Å². The summed E-state index contributed by atoms with van der Waals surface area (Å²) in [4.78, 5) is 21.5. The molecule has 0 radical (unpaired) electrons. The maximum absolute atomic E-state index is 13.0. The van der Waals surface area contributed by atoms with Crippen LogP contribution < -0.4 is 15.8 Å². The van der Waals surface area contributed by atoms with Gasteiger partial charge in [0.25, 0.3) is 18.4 Å². The zero-order chi connectivity index (χ0) is 24.1. The Morgan fingerprint density at radius 1 is 1.18 bits per heavy atom. The van der Waals surface area contributed by atoms with Gasteiger partial charge >= 0.3 is 0 Å². The molecule has 4 aliphatic rings. The van der Waals surface area contributed by atoms with Crippen molar-refractivity contribution in [1.29, 1.82) is 0 Å². The van der Waals surface area contributed by atoms with Crippen molar-refractivity contribution in [2.75, 3.05) is 25.1 Å². The number of carbonyl (C=O) groups is 1. The van der Waals surface area contributed by atoms with Crippen molar-refractivity contribution in [3.05, 3.63) is 59.3 Å². The maximum atomic E-state index is 13.0. The van der Waals surface area contributed by atoms with Crippen LogP contribution >= 0.6 is 0 Å². The number of amides is 1. The highest BCUT2D eigenvalue weighted by atomic mass is 19.3. The summed E-state index contributed by atoms with van der Waals surface area (Å²) >= 11 is 0. The van der Waals surface area contributed by atoms with Crippen LogP contribution in [-0.2, 0) is 19.8 Å². The molecule has 34 heavy (non-hydrogen) atoms. The summed E-state index contributed by atoms with van der Waals surface area (Å²) < 4.78 is 43.7. The van der Waals surface area contributed by atoms with Gasteiger partial charge in [-0.25, -0.2) is 13.8 Å². The van der Waals surface area contributed by atoms with Gasteiger partial charge in [-0.15, -0.1) is 0 Å². The van der Waals surface area contributed by atoms with Gasteiger partial charge in [-0.3, -0.25) is 9.79 Å². The van der Waals surface area contributed by atoms with Crippen molar-refractivity contribution in [1.82, 2.24) is 0 Å². The minimum atomic E-state index is -2.69. The molecule has 4 heterocycles. The highest BCUT2D eigenvalue weighted by molar-refractivity contribution is 6.05. The largest absolute Gasteiger partial charge is 0.487 e. The topological polar surface area (TPSA) is 108 Å². The van der Waals surface area contributed by atoms with Crippen LogP contribution in [0.4, 0.5) is 14.5 Å². The minimum Gasteiger partial charge on any atom is -0.487 e. The lowest BCUT2D eigenvalue weighted by molar-refractivity contribution is -0.247. The van der Waals surface area contributed by atoms with Crippen LogP contribution in [0.15, 0.2) is 63.8 Å². The average molecular weight is 470 g/mol. The molecule has 2 spiro atoms. The Morgan fingerprint density at radius 2 is 1.94 bits per heavy atom. The molecule has 1 aromatic carbocycles. The van der Waals surface area contributed by atoms with E-state index in [-0.39, 0.29) is 23.9 Å². The monoisotopic (exact) mass is 470 g/mol. The third-order valence-electron chi connectivity index (χ3n) is 6.91. The van der Waals surface area contributed by atoms with E-state index in [1.54, 1.807) is 18.2 Å². The molecule has 1 unspecified atom stereocenters. The number of rotatable bonds is 3. The number of halogens is 2. The number of carbonyl (C=O) groups excluding carboxylic acids is 1. The maximum Gasteiger partial charge on any atom is 0.283 e. The molecule has 0 saturated carbocycles. The number of anilines is 1. The van der Waals surface area contributed by atoms with E-state index in [2.05, 4.69) is 10.3 Å². The fraction of sp³-hybridized carbons (Fsp3) is 0.375. The highest BCUT2D eigenvalue weighted by Crippen LogP contribution is 2.62. The van der Waals surface area contributed by atoms with Crippen molar-refractivity contribution in [2.45, 2.75) is 31.4 Å². The van der Waals surface area contributed by atoms with Crippen molar-refractivity contribution in [2.24, 2.45) is 21.1 Å². The van der Waals surface area contributed by atoms with Gasteiger partial charge in [0.05, 0.1) is 18.6 Å². The summed E-state index contributed by atoms with van der Waals surface area (Å²) in [6, 6.07) is 5.33. The molecule has 1 amide bonds. The number of hydrogen-bond donors (Lipinski definition) is 2. The third kappa shape index (κ3) is 3.24. The van der Waals surface area contributed by atoms with Crippen LogP contribution in [0.3, 0.4) is 0 Å². The second-order valence-corrected chi connectivity index (χ2v) is 9.11. The van der Waals surface area contributed by atoms with E-state index in [9.17, 15) is 13.6 Å². The molecule has 0 aromatic heterocycles. The number of benzene rings is 1. The van der Waals surface area contributed by atoms with Gasteiger partial charge in [-0.2, -0.15) is 0 Å². The van der Waals surface area contributed by atoms with E-state index in [0.717, 1.165) is 11.8 Å². The number of amidine groups is 1. The van der Waals surface area contributed by atoms with Gasteiger partial charge in [0.2, 0.25) is 0 Å². The first kappa shape index (κ1) is 22.3. The number of nitrogens with zero attached hydrogens (tertiary/aromatic N) is 2. The molecule has 0 aliphatic carbocycles. The second-order valence-electron chi connectivity index (χ2n) is 9.11. The lowest BCUT2D eigenvalue weighted by Gasteiger charge is -2.61. The van der Waals surface area contributed by atoms with E-state index in [4.69, 9.17) is 24.9 Å². The molecule has 10 heteroatoms. The lowest BCUT2D eigenvalue weighted by Crippen LogP contribution is -2.71. The van der Waals surface area contributed by atoms with E-state index in [1.165, 1.54) is 24.3 Å². The molecule has 0 bridgehead atoms. The second kappa shape index (κ2) is 7.76. The lowest BCUT2D eigenvalue weighted by atomic mass is 9.55. The summed E-state index contributed by atoms with van der Waals surface area (Å²) in [5, 5.41) is 2.79. The standard InChI is InChI=1S/C24H24F2N4O4/c1-22(2)23(11-32-12-23)24(13-33-21(27)30-24)16-9-15(7-8-18(16)34-22)29-20(31)17-6-4-3-5-14(10-28-17)19(25)26/h3-10,19H,11-13H2,1-2H3,(H2,27,30)(H,29,31)/b4-3+,5-3?,6-4?,14-5-,14-10?,17-6-,28-10-,28-17?. The predicted molar refractivity (Wildman–Crippen MR) is 122 cm³/mol. The number of ether oxygens (including phenoxy) is 3. The molecule has 5 rings (SSSR count). The Balaban J connectivity index is 1.48. The van der Waals surface area contributed by atoms with Crippen LogP contribution in [0.5, 0.6) is 5.75 Å². The van der Waals surface area contributed by atoms with Crippen molar-refractivity contribution < 1.29 is 27.8 Å². The van der Waals surface area contributed by atoms with Gasteiger partial charge in [-0.1, -0.05) is 18.2 Å². The fourth-order valence-electron chi connectivity index (χ4n) is 4.86. The van der Waals surface area contributed by atoms with Gasteiger partial charge < -0.3 is 25.3 Å². The van der Waals surface area contributed by atoms with Crippen LogP contribution in [0.25, 0.3) is 0 Å². The molecule has 1 aromatic rings. The van der Waals surface area contributed by atoms with Crippen LogP contribution in [0, 0.1) is 5.41 Å². The van der Waals surface area contributed by atoms with Crippen molar-refractivity contribution in [3.63, 3.8) is 0 Å². The van der Waals surface area contributed by atoms with Gasteiger partial charge in [0.1, 0.15) is 29.2 Å². The number of aliphatic imine (C=N–C) groups is 2. The Morgan fingerprint density at radius 3 is 2.59 bits per heavy atom. The molecular weight excluding hydrogens is 446 g/mol. The summed E-state index contributed by atoms with van der Waals surface area (Å²) in [6.45, 7) is 5.06. The van der Waals surface area contributed by atoms with Crippen LogP contribution in [0.1, 0.15) is 19.4 Å². The number of nitrogens with two attached hydrogens (primary N) is 1. The molecule has 4 aliphatic heterocycles. The van der Waals surface area contributed by atoms with Crippen LogP contribution in [-0.4, -0.2) is 50.0 Å². The molecule has 1 fully saturated rings. The molecule has 3 N–H and O–H groups in total. The zero-order valence-corrected chi connectivity index (χ0v) is 18.7. The number of fused-ring (bicyclic) bond motifs is 3. The van der Waals surface area contributed by atoms with Gasteiger partial charge in [-0.05, 0) is 38.1 Å². The zero-order valence-electron chi connectivity index (χ0n) is 18.7. The summed E-state index contributed by atoms with van der Waals surface area (Å²) in [7, 11) is 0. The average Bonchev–Trinajstić information content (AvgIpc) is 3.08. The predicted octanol–water partition coefficient (Wildman–Crippen LogP) is 3.07. The Labute approximate surface area is 194 Å². The Hall–Kier alpha value is -3.53. The number of alkyl halides is 2. The molecule has 1 saturated heterocycles. The third-order valence-corrected chi connectivity index (χ3v) is 6.91. The molecule has 178 valence electrons. The van der Waals surface area contributed by atoms with Crippen LogP contribution in [0.2, 0.25) is 0 Å². The highest BCUT2D eigenvalue weighted by Gasteiger charge is 2.71. The van der Waals surface area contributed by atoms with E-state index < -0.39 is 28.9 Å². The normalized spacial score (nSPS) is 30.8. The smallest absolute Gasteiger partial charge is 0.283 e. The van der Waals surface area contributed by atoms with E-state index in [1.807, 2.05) is 13.8 Å². The summed E-state index contributed by atoms with van der Waals surface area (Å²) in [5.74, 6) is 0.0651.